The Hall–Kier alpha value is -1.26. The normalized spacial score (nSPS) is 14.4. The number of benzene rings is 1. The van der Waals surface area contributed by atoms with Crippen LogP contribution in [0.2, 0.25) is 0 Å². The van der Waals surface area contributed by atoms with E-state index in [2.05, 4.69) is 5.32 Å². The Morgan fingerprint density at radius 2 is 1.95 bits per heavy atom. The lowest BCUT2D eigenvalue weighted by molar-refractivity contribution is 0.0490. The lowest BCUT2D eigenvalue weighted by atomic mass is 10.1. The molecule has 0 aliphatic carbocycles. The number of hydrogen-bond acceptors (Lipinski definition) is 3. The molecule has 0 heterocycles. The van der Waals surface area contributed by atoms with Gasteiger partial charge in [0.25, 0.3) is 0 Å². The zero-order chi connectivity index (χ0) is 15.2. The average Bonchev–Trinajstić information content (AvgIpc) is 2.35. The van der Waals surface area contributed by atoms with E-state index in [0.717, 1.165) is 5.56 Å². The third-order valence-electron chi connectivity index (χ3n) is 2.55. The van der Waals surface area contributed by atoms with Gasteiger partial charge in [-0.15, -0.1) is 11.6 Å². The van der Waals surface area contributed by atoms with Crippen molar-refractivity contribution in [1.82, 2.24) is 5.32 Å². The van der Waals surface area contributed by atoms with Crippen LogP contribution in [0.5, 0.6) is 0 Å². The number of rotatable bonds is 5. The fourth-order valence-corrected chi connectivity index (χ4v) is 1.87. The molecule has 0 radical (unpaired) electrons. The van der Waals surface area contributed by atoms with Gasteiger partial charge in [0.15, 0.2) is 0 Å². The lowest BCUT2D eigenvalue weighted by Gasteiger charge is -2.22. The van der Waals surface area contributed by atoms with Crippen LogP contribution in [-0.2, 0) is 11.2 Å². The quantitative estimate of drug-likeness (QED) is 0.822. The maximum Gasteiger partial charge on any atom is 0.407 e. The number of hydrogen-bond donors (Lipinski definition) is 2. The number of ether oxygens (including phenoxy) is 1. The Labute approximate surface area is 125 Å². The number of aliphatic hydroxyl groups is 1. The number of amides is 1. The molecule has 4 nitrogen and oxygen atoms in total. The zero-order valence-corrected chi connectivity index (χ0v) is 12.9. The van der Waals surface area contributed by atoms with Crippen LogP contribution >= 0.6 is 11.6 Å². The summed E-state index contributed by atoms with van der Waals surface area (Å²) in [6.45, 7) is 5.41. The first-order valence-corrected chi connectivity index (χ1v) is 7.04. The van der Waals surface area contributed by atoms with Crippen LogP contribution in [0, 0.1) is 0 Å². The number of carbonyl (C=O) groups excluding carboxylic acids is 1. The van der Waals surface area contributed by atoms with E-state index in [-0.39, 0.29) is 6.54 Å². The molecule has 112 valence electrons. The average molecular weight is 300 g/mol. The Bertz CT molecular complexity index is 417. The van der Waals surface area contributed by atoms with Crippen molar-refractivity contribution < 1.29 is 14.6 Å². The predicted molar refractivity (Wildman–Crippen MR) is 80.0 cm³/mol. The van der Waals surface area contributed by atoms with Gasteiger partial charge in [-0.3, -0.25) is 0 Å². The largest absolute Gasteiger partial charge is 0.444 e. The molecule has 2 atom stereocenters. The van der Waals surface area contributed by atoms with Crippen molar-refractivity contribution in [2.24, 2.45) is 0 Å². The smallest absolute Gasteiger partial charge is 0.407 e. The van der Waals surface area contributed by atoms with E-state index >= 15 is 0 Å². The minimum Gasteiger partial charge on any atom is -0.444 e. The summed E-state index contributed by atoms with van der Waals surface area (Å²) in [4.78, 5) is 11.5. The molecule has 2 N–H and O–H groups in total. The van der Waals surface area contributed by atoms with E-state index in [1.165, 1.54) is 0 Å². The van der Waals surface area contributed by atoms with Gasteiger partial charge in [-0.2, -0.15) is 0 Å². The summed E-state index contributed by atoms with van der Waals surface area (Å²) >= 11 is 6.14. The summed E-state index contributed by atoms with van der Waals surface area (Å²) in [7, 11) is 0. The Kier molecular flexibility index (Phi) is 6.30. The third kappa shape index (κ3) is 6.78. The molecule has 2 unspecified atom stereocenters. The number of aliphatic hydroxyl groups excluding tert-OH is 1. The highest BCUT2D eigenvalue weighted by Crippen LogP contribution is 2.12. The van der Waals surface area contributed by atoms with Crippen molar-refractivity contribution in [3.05, 3.63) is 35.9 Å². The number of halogens is 1. The molecular formula is C15H22ClNO3. The first kappa shape index (κ1) is 16.8. The molecular weight excluding hydrogens is 278 g/mol. The van der Waals surface area contributed by atoms with Crippen LogP contribution in [0.3, 0.4) is 0 Å². The first-order valence-electron chi connectivity index (χ1n) is 6.61. The molecule has 5 heteroatoms. The molecule has 0 aliphatic rings. The second kappa shape index (κ2) is 7.50. The number of alkyl halides is 1. The van der Waals surface area contributed by atoms with Gasteiger partial charge >= 0.3 is 6.09 Å². The van der Waals surface area contributed by atoms with E-state index in [4.69, 9.17) is 16.3 Å². The van der Waals surface area contributed by atoms with Gasteiger partial charge in [0.05, 0.1) is 11.5 Å². The highest BCUT2D eigenvalue weighted by Gasteiger charge is 2.20. The van der Waals surface area contributed by atoms with Gasteiger partial charge in [-0.25, -0.2) is 4.79 Å². The Morgan fingerprint density at radius 3 is 2.50 bits per heavy atom. The Morgan fingerprint density at radius 1 is 1.35 bits per heavy atom. The second-order valence-electron chi connectivity index (χ2n) is 5.66. The highest BCUT2D eigenvalue weighted by molar-refractivity contribution is 6.21. The van der Waals surface area contributed by atoms with Gasteiger partial charge in [0.1, 0.15) is 5.60 Å². The zero-order valence-electron chi connectivity index (χ0n) is 12.1. The van der Waals surface area contributed by atoms with Gasteiger partial charge < -0.3 is 15.2 Å². The monoisotopic (exact) mass is 299 g/mol. The van der Waals surface area contributed by atoms with Crippen LogP contribution in [-0.4, -0.2) is 34.8 Å². The van der Waals surface area contributed by atoms with Crippen molar-refractivity contribution in [2.45, 2.75) is 44.3 Å². The molecule has 1 rings (SSSR count). The third-order valence-corrected chi connectivity index (χ3v) is 2.99. The lowest BCUT2D eigenvalue weighted by Crippen LogP contribution is -2.40. The van der Waals surface area contributed by atoms with E-state index in [0.29, 0.717) is 6.42 Å². The van der Waals surface area contributed by atoms with Gasteiger partial charge in [-0.1, -0.05) is 30.3 Å². The summed E-state index contributed by atoms with van der Waals surface area (Å²) in [6.07, 6.45) is -0.843. The molecule has 0 fully saturated rings. The summed E-state index contributed by atoms with van der Waals surface area (Å²) in [6, 6.07) is 9.66. The molecule has 0 aromatic heterocycles. The van der Waals surface area contributed by atoms with Crippen molar-refractivity contribution in [3.8, 4) is 0 Å². The standard InChI is InChI=1S/C15H22ClNO3/c1-15(2,3)20-14(19)17-10-13(18)12(16)9-11-7-5-4-6-8-11/h4-8,12-13,18H,9-10H2,1-3H3,(H,17,19). The van der Waals surface area contributed by atoms with Gasteiger partial charge in [0.2, 0.25) is 0 Å². The predicted octanol–water partition coefficient (Wildman–Crippen LogP) is 2.72. The van der Waals surface area contributed by atoms with Gasteiger partial charge in [0, 0.05) is 6.54 Å². The van der Waals surface area contributed by atoms with E-state index in [1.807, 2.05) is 30.3 Å². The molecule has 0 bridgehead atoms. The van der Waals surface area contributed by atoms with E-state index in [9.17, 15) is 9.90 Å². The second-order valence-corrected chi connectivity index (χ2v) is 6.22. The maximum atomic E-state index is 11.5. The molecule has 0 aliphatic heterocycles. The molecule has 0 spiro atoms. The molecule has 0 saturated carbocycles. The molecule has 0 saturated heterocycles. The molecule has 20 heavy (non-hydrogen) atoms. The maximum absolute atomic E-state index is 11.5. The van der Waals surface area contributed by atoms with Crippen LogP contribution in [0.15, 0.2) is 30.3 Å². The van der Waals surface area contributed by atoms with Gasteiger partial charge in [-0.05, 0) is 32.8 Å². The van der Waals surface area contributed by atoms with Crippen LogP contribution in [0.25, 0.3) is 0 Å². The summed E-state index contributed by atoms with van der Waals surface area (Å²) < 4.78 is 5.08. The Balaban J connectivity index is 2.35. The van der Waals surface area contributed by atoms with Crippen molar-refractivity contribution in [3.63, 3.8) is 0 Å². The van der Waals surface area contributed by atoms with Crippen molar-refractivity contribution in [2.75, 3.05) is 6.54 Å². The number of carbonyl (C=O) groups is 1. The SMILES string of the molecule is CC(C)(C)OC(=O)NCC(O)C(Cl)Cc1ccccc1. The summed E-state index contributed by atoms with van der Waals surface area (Å²) in [5, 5.41) is 12.0. The number of alkyl carbamates (subject to hydrolysis) is 1. The van der Waals surface area contributed by atoms with Crippen molar-refractivity contribution >= 4 is 17.7 Å². The topological polar surface area (TPSA) is 58.6 Å². The van der Waals surface area contributed by atoms with Crippen LogP contribution in [0.4, 0.5) is 4.79 Å². The number of nitrogens with one attached hydrogen (secondary N) is 1. The highest BCUT2D eigenvalue weighted by atomic mass is 35.5. The van der Waals surface area contributed by atoms with E-state index in [1.54, 1.807) is 20.8 Å². The molecule has 1 aromatic carbocycles. The summed E-state index contributed by atoms with van der Waals surface area (Å²) in [5.41, 5.74) is 0.489. The van der Waals surface area contributed by atoms with Crippen LogP contribution < -0.4 is 5.32 Å². The molecule has 1 amide bonds. The summed E-state index contributed by atoms with van der Waals surface area (Å²) in [5.74, 6) is 0. The van der Waals surface area contributed by atoms with Crippen molar-refractivity contribution in [1.29, 1.82) is 0 Å². The molecule has 1 aromatic rings. The van der Waals surface area contributed by atoms with Crippen LogP contribution in [0.1, 0.15) is 26.3 Å². The van der Waals surface area contributed by atoms with E-state index < -0.39 is 23.2 Å². The fraction of sp³-hybridized carbons (Fsp3) is 0.533. The first-order chi connectivity index (χ1) is 9.28. The minimum absolute atomic E-state index is 0.0654. The minimum atomic E-state index is -0.829. The fourth-order valence-electron chi connectivity index (χ4n) is 1.61.